The summed E-state index contributed by atoms with van der Waals surface area (Å²) in [5.41, 5.74) is 1.15. The molecule has 41 heavy (non-hydrogen) atoms. The lowest BCUT2D eigenvalue weighted by Gasteiger charge is -2.34. The van der Waals surface area contributed by atoms with Gasteiger partial charge in [-0.1, -0.05) is 11.6 Å². The number of halogens is 3. The number of hydrogen-bond acceptors (Lipinski definition) is 8. The van der Waals surface area contributed by atoms with Gasteiger partial charge in [0.15, 0.2) is 5.82 Å². The highest BCUT2D eigenvalue weighted by molar-refractivity contribution is 6.32. The number of aromatic nitrogens is 3. The molecule has 4 atom stereocenters. The van der Waals surface area contributed by atoms with Gasteiger partial charge in [0.25, 0.3) is 0 Å². The number of rotatable bonds is 6. The minimum absolute atomic E-state index is 0.0394. The average molecular weight is 583 g/mol. The minimum atomic E-state index is -0.871. The number of fused-ring (bicyclic) bond motifs is 4. The molecule has 5 aliphatic rings. The smallest absolute Gasteiger partial charge is 0.319 e. The first-order valence-electron chi connectivity index (χ1n) is 14.8. The van der Waals surface area contributed by atoms with E-state index in [1.807, 2.05) is 0 Å². The number of phenols is 1. The Labute approximate surface area is 242 Å². The van der Waals surface area contributed by atoms with Crippen LogP contribution in [0.1, 0.15) is 56.4 Å². The maximum absolute atomic E-state index is 16.6. The maximum atomic E-state index is 16.6. The SMILES string of the molecule is Oc1cc(Cl)c(C2CC2)c(-c2ncc3c(N4CC5CCC(C4)N5)nc(OC[C@@]45CCCN4C[C@H](F)C5)nc3c2F)c1. The lowest BCUT2D eigenvalue weighted by atomic mass is 9.95. The lowest BCUT2D eigenvalue weighted by Crippen LogP contribution is -2.51. The Morgan fingerprint density at radius 3 is 2.71 bits per heavy atom. The molecule has 2 N–H and O–H groups in total. The Hall–Kier alpha value is -2.82. The molecule has 8 nitrogen and oxygen atoms in total. The van der Waals surface area contributed by atoms with Crippen molar-refractivity contribution in [1.82, 2.24) is 25.2 Å². The number of piperazine rings is 1. The van der Waals surface area contributed by atoms with Crippen LogP contribution in [-0.2, 0) is 0 Å². The van der Waals surface area contributed by atoms with Gasteiger partial charge in [0, 0.05) is 54.9 Å². The van der Waals surface area contributed by atoms with E-state index in [-0.39, 0.29) is 41.0 Å². The highest BCUT2D eigenvalue weighted by atomic mass is 35.5. The molecule has 0 amide bonds. The molecule has 2 unspecified atom stereocenters. The van der Waals surface area contributed by atoms with Crippen molar-refractivity contribution in [2.75, 3.05) is 37.7 Å². The Morgan fingerprint density at radius 1 is 1.12 bits per heavy atom. The van der Waals surface area contributed by atoms with Crippen molar-refractivity contribution >= 4 is 28.3 Å². The number of benzene rings is 1. The van der Waals surface area contributed by atoms with E-state index >= 15 is 4.39 Å². The largest absolute Gasteiger partial charge is 0.508 e. The number of alkyl halides is 1. The third kappa shape index (κ3) is 4.41. The van der Waals surface area contributed by atoms with Gasteiger partial charge >= 0.3 is 6.01 Å². The second kappa shape index (κ2) is 9.61. The molecule has 5 fully saturated rings. The molecule has 1 saturated carbocycles. The van der Waals surface area contributed by atoms with Gasteiger partial charge < -0.3 is 20.1 Å². The Morgan fingerprint density at radius 2 is 1.93 bits per heavy atom. The summed E-state index contributed by atoms with van der Waals surface area (Å²) in [6.45, 7) is 3.05. The predicted molar refractivity (Wildman–Crippen MR) is 152 cm³/mol. The van der Waals surface area contributed by atoms with E-state index in [4.69, 9.17) is 21.3 Å². The Kier molecular flexibility index (Phi) is 6.06. The van der Waals surface area contributed by atoms with E-state index in [2.05, 4.69) is 25.1 Å². The second-order valence-corrected chi connectivity index (χ2v) is 13.0. The van der Waals surface area contributed by atoms with Gasteiger partial charge in [0.05, 0.1) is 10.9 Å². The number of pyridine rings is 1. The average Bonchev–Trinajstić information content (AvgIpc) is 3.52. The number of hydrogen-bond donors (Lipinski definition) is 2. The van der Waals surface area contributed by atoms with Crippen LogP contribution in [0.15, 0.2) is 18.3 Å². The normalized spacial score (nSPS) is 29.4. The molecule has 0 radical (unpaired) electrons. The van der Waals surface area contributed by atoms with Crippen LogP contribution in [0.25, 0.3) is 22.2 Å². The topological polar surface area (TPSA) is 86.6 Å². The summed E-state index contributed by atoms with van der Waals surface area (Å²) in [5, 5.41) is 14.9. The van der Waals surface area contributed by atoms with Crippen LogP contribution in [0, 0.1) is 5.82 Å². The molecule has 6 heterocycles. The Bertz CT molecular complexity index is 1530. The number of anilines is 1. The van der Waals surface area contributed by atoms with Gasteiger partial charge in [-0.15, -0.1) is 0 Å². The van der Waals surface area contributed by atoms with Crippen molar-refractivity contribution in [2.24, 2.45) is 0 Å². The van der Waals surface area contributed by atoms with E-state index in [9.17, 15) is 9.50 Å². The third-order valence-corrected chi connectivity index (χ3v) is 10.1. The number of nitrogens with one attached hydrogen (secondary N) is 1. The standard InChI is InChI=1S/C30H33ClF2N6O2/c31-23-9-20(40)8-21(24(23)16-2-3-16)26-25(33)27-22(11-34-26)28(38-13-18-4-5-19(14-38)35-18)37-29(36-27)41-15-30-6-1-7-39(30)12-17(32)10-30/h8-9,11,16-19,35,40H,1-7,10,12-15H2/t17-,18?,19?,30+/m1/s1. The fraction of sp³-hybridized carbons (Fsp3) is 0.567. The van der Waals surface area contributed by atoms with Gasteiger partial charge in [-0.3, -0.25) is 9.88 Å². The minimum Gasteiger partial charge on any atom is -0.508 e. The zero-order valence-corrected chi connectivity index (χ0v) is 23.5. The molecule has 11 heteroatoms. The molecule has 8 rings (SSSR count). The first-order chi connectivity index (χ1) is 19.9. The van der Waals surface area contributed by atoms with Gasteiger partial charge in [-0.05, 0) is 68.7 Å². The summed E-state index contributed by atoms with van der Waals surface area (Å²) in [6, 6.07) is 3.82. The molecule has 2 aromatic heterocycles. The quantitative estimate of drug-likeness (QED) is 0.422. The van der Waals surface area contributed by atoms with Crippen molar-refractivity contribution < 1.29 is 18.6 Å². The van der Waals surface area contributed by atoms with Crippen molar-refractivity contribution in [1.29, 1.82) is 0 Å². The van der Waals surface area contributed by atoms with Crippen molar-refractivity contribution in [3.05, 3.63) is 34.7 Å². The number of phenolic OH excluding ortho intramolecular Hbond substituents is 1. The molecule has 2 bridgehead atoms. The van der Waals surface area contributed by atoms with Crippen molar-refractivity contribution in [3.63, 3.8) is 0 Å². The summed E-state index contributed by atoms with van der Waals surface area (Å²) in [6.07, 6.45) is 7.16. The zero-order chi connectivity index (χ0) is 27.9. The Balaban J connectivity index is 1.23. The maximum Gasteiger partial charge on any atom is 0.319 e. The highest BCUT2D eigenvalue weighted by Gasteiger charge is 2.49. The highest BCUT2D eigenvalue weighted by Crippen LogP contribution is 2.49. The molecule has 4 saturated heterocycles. The van der Waals surface area contributed by atoms with E-state index in [1.165, 1.54) is 12.1 Å². The molecular weight excluding hydrogens is 550 g/mol. The van der Waals surface area contributed by atoms with Gasteiger partial charge in [0.2, 0.25) is 0 Å². The molecular formula is C30H33ClF2N6O2. The van der Waals surface area contributed by atoms with Gasteiger partial charge in [-0.2, -0.15) is 9.97 Å². The molecule has 1 aliphatic carbocycles. The van der Waals surface area contributed by atoms with Gasteiger partial charge in [0.1, 0.15) is 35.6 Å². The first-order valence-corrected chi connectivity index (χ1v) is 15.2. The van der Waals surface area contributed by atoms with E-state index in [1.54, 1.807) is 6.20 Å². The van der Waals surface area contributed by atoms with Crippen LogP contribution in [0.5, 0.6) is 11.8 Å². The van der Waals surface area contributed by atoms with Crippen LogP contribution >= 0.6 is 11.6 Å². The summed E-state index contributed by atoms with van der Waals surface area (Å²) in [7, 11) is 0. The fourth-order valence-corrected chi connectivity index (χ4v) is 8.09. The molecule has 4 aliphatic heterocycles. The molecule has 0 spiro atoms. The number of aromatic hydroxyl groups is 1. The summed E-state index contributed by atoms with van der Waals surface area (Å²) in [5.74, 6) is 0.185. The van der Waals surface area contributed by atoms with E-state index < -0.39 is 12.0 Å². The van der Waals surface area contributed by atoms with Crippen LogP contribution in [0.2, 0.25) is 5.02 Å². The lowest BCUT2D eigenvalue weighted by molar-refractivity contribution is 0.107. The molecule has 216 valence electrons. The number of ether oxygens (including phenoxy) is 1. The third-order valence-electron chi connectivity index (χ3n) is 9.75. The van der Waals surface area contributed by atoms with Crippen LogP contribution < -0.4 is 15.0 Å². The number of nitrogens with zero attached hydrogens (tertiary/aromatic N) is 5. The predicted octanol–water partition coefficient (Wildman–Crippen LogP) is 4.96. The van der Waals surface area contributed by atoms with Crippen LogP contribution in [0.3, 0.4) is 0 Å². The summed E-state index contributed by atoms with van der Waals surface area (Å²) < 4.78 is 37.2. The van der Waals surface area contributed by atoms with Crippen LogP contribution in [0.4, 0.5) is 14.6 Å². The fourth-order valence-electron chi connectivity index (χ4n) is 7.72. The van der Waals surface area contributed by atoms with Crippen molar-refractivity contribution in [3.8, 4) is 23.0 Å². The summed E-state index contributed by atoms with van der Waals surface area (Å²) in [4.78, 5) is 18.4. The zero-order valence-electron chi connectivity index (χ0n) is 22.8. The van der Waals surface area contributed by atoms with Gasteiger partial charge in [-0.25, -0.2) is 8.78 Å². The van der Waals surface area contributed by atoms with Crippen molar-refractivity contribution in [2.45, 2.75) is 74.7 Å². The van der Waals surface area contributed by atoms with E-state index in [0.29, 0.717) is 46.8 Å². The first kappa shape index (κ1) is 25.9. The van der Waals surface area contributed by atoms with E-state index in [0.717, 1.165) is 63.7 Å². The second-order valence-electron chi connectivity index (χ2n) is 12.6. The summed E-state index contributed by atoms with van der Waals surface area (Å²) >= 11 is 6.53. The van der Waals surface area contributed by atoms with Crippen LogP contribution in [-0.4, -0.2) is 81.5 Å². The molecule has 1 aromatic carbocycles. The molecule has 3 aromatic rings. The monoisotopic (exact) mass is 582 g/mol.